The molecule has 0 aliphatic heterocycles. The molecule has 0 atom stereocenters. The summed E-state index contributed by atoms with van der Waals surface area (Å²) in [5, 5.41) is 11.2. The van der Waals surface area contributed by atoms with Crippen molar-refractivity contribution in [2.24, 2.45) is 0 Å². The lowest BCUT2D eigenvalue weighted by molar-refractivity contribution is 0.0766. The molecule has 0 fully saturated rings. The smallest absolute Gasteiger partial charge is 0.274 e. The highest BCUT2D eigenvalue weighted by Crippen LogP contribution is 2.19. The van der Waals surface area contributed by atoms with E-state index >= 15 is 0 Å². The average molecular weight is 349 g/mol. The van der Waals surface area contributed by atoms with Crippen LogP contribution in [0.1, 0.15) is 24.3 Å². The number of amides is 1. The summed E-state index contributed by atoms with van der Waals surface area (Å²) in [7, 11) is 0. The van der Waals surface area contributed by atoms with Gasteiger partial charge < -0.3 is 10.2 Å². The van der Waals surface area contributed by atoms with Crippen molar-refractivity contribution in [2.45, 2.75) is 13.8 Å². The zero-order valence-electron chi connectivity index (χ0n) is 12.0. The van der Waals surface area contributed by atoms with E-state index in [2.05, 4.69) is 31.4 Å². The zero-order chi connectivity index (χ0) is 15.2. The predicted molar refractivity (Wildman–Crippen MR) is 86.7 cm³/mol. The molecule has 0 spiro atoms. The number of hydrogen-bond acceptors (Lipinski definition) is 4. The Morgan fingerprint density at radius 3 is 2.52 bits per heavy atom. The summed E-state index contributed by atoms with van der Waals surface area (Å²) in [4.78, 5) is 13.8. The van der Waals surface area contributed by atoms with E-state index in [0.717, 1.165) is 10.2 Å². The number of hydrogen-bond donors (Lipinski definition) is 1. The summed E-state index contributed by atoms with van der Waals surface area (Å²) in [5.74, 6) is 0.505. The fourth-order valence-electron chi connectivity index (χ4n) is 1.90. The molecular weight excluding hydrogens is 332 g/mol. The topological polar surface area (TPSA) is 58.1 Å². The fraction of sp³-hybridized carbons (Fsp3) is 0.267. The van der Waals surface area contributed by atoms with Crippen molar-refractivity contribution < 1.29 is 4.79 Å². The standard InChI is InChI=1S/C15H17BrN4O/c1-3-20(4-2)15(21)13-8-9-14(19-18-13)17-12-7-5-6-11(16)10-12/h5-10H,3-4H2,1-2H3,(H,17,19). The van der Waals surface area contributed by atoms with Gasteiger partial charge in [0, 0.05) is 23.2 Å². The Morgan fingerprint density at radius 1 is 1.19 bits per heavy atom. The molecule has 0 bridgehead atoms. The second-order valence-corrected chi connectivity index (χ2v) is 5.33. The lowest BCUT2D eigenvalue weighted by atomic mass is 10.3. The monoisotopic (exact) mass is 348 g/mol. The first-order valence-electron chi connectivity index (χ1n) is 6.79. The van der Waals surface area contributed by atoms with Crippen LogP contribution >= 0.6 is 15.9 Å². The summed E-state index contributed by atoms with van der Waals surface area (Å²) in [6.45, 7) is 5.21. The summed E-state index contributed by atoms with van der Waals surface area (Å²) in [5.41, 5.74) is 1.26. The van der Waals surface area contributed by atoms with Gasteiger partial charge in [-0.05, 0) is 44.2 Å². The quantitative estimate of drug-likeness (QED) is 0.898. The fourth-order valence-corrected chi connectivity index (χ4v) is 2.30. The number of aromatic nitrogens is 2. The van der Waals surface area contributed by atoms with Gasteiger partial charge >= 0.3 is 0 Å². The van der Waals surface area contributed by atoms with E-state index in [1.54, 1.807) is 17.0 Å². The Kier molecular flexibility index (Phi) is 5.27. The van der Waals surface area contributed by atoms with Gasteiger partial charge in [0.25, 0.3) is 5.91 Å². The molecule has 5 nitrogen and oxygen atoms in total. The second kappa shape index (κ2) is 7.17. The molecule has 0 unspecified atom stereocenters. The highest BCUT2D eigenvalue weighted by atomic mass is 79.9. The molecule has 0 saturated heterocycles. The Hall–Kier alpha value is -1.95. The molecule has 1 heterocycles. The Bertz CT molecular complexity index is 611. The summed E-state index contributed by atoms with van der Waals surface area (Å²) in [6, 6.07) is 11.2. The molecule has 1 N–H and O–H groups in total. The molecular formula is C15H17BrN4O. The van der Waals surface area contributed by atoms with Gasteiger partial charge in [0.1, 0.15) is 0 Å². The maximum Gasteiger partial charge on any atom is 0.274 e. The van der Waals surface area contributed by atoms with E-state index in [1.165, 1.54) is 0 Å². The number of carbonyl (C=O) groups excluding carboxylic acids is 1. The average Bonchev–Trinajstić information content (AvgIpc) is 2.49. The molecule has 1 aromatic heterocycles. The first-order chi connectivity index (χ1) is 10.1. The van der Waals surface area contributed by atoms with Gasteiger partial charge in [-0.15, -0.1) is 10.2 Å². The van der Waals surface area contributed by atoms with Gasteiger partial charge in [0.2, 0.25) is 0 Å². The lowest BCUT2D eigenvalue weighted by Crippen LogP contribution is -2.31. The van der Waals surface area contributed by atoms with Gasteiger partial charge in [-0.25, -0.2) is 0 Å². The van der Waals surface area contributed by atoms with E-state index < -0.39 is 0 Å². The predicted octanol–water partition coefficient (Wildman–Crippen LogP) is 3.46. The van der Waals surface area contributed by atoms with Crippen LogP contribution in [-0.2, 0) is 0 Å². The van der Waals surface area contributed by atoms with Crippen molar-refractivity contribution in [2.75, 3.05) is 18.4 Å². The van der Waals surface area contributed by atoms with Crippen LogP contribution in [0.5, 0.6) is 0 Å². The molecule has 2 rings (SSSR count). The number of anilines is 2. The van der Waals surface area contributed by atoms with Gasteiger partial charge in [-0.1, -0.05) is 22.0 Å². The van der Waals surface area contributed by atoms with Crippen LogP contribution in [0.15, 0.2) is 40.9 Å². The molecule has 0 radical (unpaired) electrons. The number of nitrogens with zero attached hydrogens (tertiary/aromatic N) is 3. The van der Waals surface area contributed by atoms with Crippen LogP contribution in [0.25, 0.3) is 0 Å². The van der Waals surface area contributed by atoms with E-state index in [0.29, 0.717) is 24.6 Å². The molecule has 6 heteroatoms. The largest absolute Gasteiger partial charge is 0.339 e. The minimum atomic E-state index is -0.0958. The summed E-state index contributed by atoms with van der Waals surface area (Å²) >= 11 is 3.41. The number of nitrogens with one attached hydrogen (secondary N) is 1. The molecule has 2 aromatic rings. The first kappa shape index (κ1) is 15.4. The van der Waals surface area contributed by atoms with Crippen LogP contribution in [0.3, 0.4) is 0 Å². The maximum absolute atomic E-state index is 12.1. The highest BCUT2D eigenvalue weighted by Gasteiger charge is 2.14. The van der Waals surface area contributed by atoms with Crippen LogP contribution in [0.2, 0.25) is 0 Å². The normalized spacial score (nSPS) is 10.2. The van der Waals surface area contributed by atoms with E-state index in [9.17, 15) is 4.79 Å². The number of benzene rings is 1. The first-order valence-corrected chi connectivity index (χ1v) is 7.59. The second-order valence-electron chi connectivity index (χ2n) is 4.42. The zero-order valence-corrected chi connectivity index (χ0v) is 13.6. The van der Waals surface area contributed by atoms with Gasteiger partial charge in [0.15, 0.2) is 11.5 Å². The third kappa shape index (κ3) is 4.01. The maximum atomic E-state index is 12.1. The van der Waals surface area contributed by atoms with Crippen molar-refractivity contribution >= 4 is 33.3 Å². The molecule has 0 saturated carbocycles. The minimum Gasteiger partial charge on any atom is -0.339 e. The minimum absolute atomic E-state index is 0.0958. The van der Waals surface area contributed by atoms with Crippen molar-refractivity contribution in [1.29, 1.82) is 0 Å². The van der Waals surface area contributed by atoms with Gasteiger partial charge in [-0.2, -0.15) is 0 Å². The third-order valence-electron chi connectivity index (χ3n) is 3.03. The van der Waals surface area contributed by atoms with E-state index in [1.807, 2.05) is 38.1 Å². The summed E-state index contributed by atoms with van der Waals surface area (Å²) < 4.78 is 0.980. The SMILES string of the molecule is CCN(CC)C(=O)c1ccc(Nc2cccc(Br)c2)nn1. The van der Waals surface area contributed by atoms with Crippen molar-refractivity contribution in [3.8, 4) is 0 Å². The molecule has 1 aromatic carbocycles. The lowest BCUT2D eigenvalue weighted by Gasteiger charge is -2.17. The van der Waals surface area contributed by atoms with Gasteiger partial charge in [-0.3, -0.25) is 4.79 Å². The van der Waals surface area contributed by atoms with E-state index in [-0.39, 0.29) is 5.91 Å². The molecule has 1 amide bonds. The molecule has 21 heavy (non-hydrogen) atoms. The Morgan fingerprint density at radius 2 is 1.95 bits per heavy atom. The van der Waals surface area contributed by atoms with Gasteiger partial charge in [0.05, 0.1) is 0 Å². The van der Waals surface area contributed by atoms with Crippen LogP contribution in [0.4, 0.5) is 11.5 Å². The molecule has 0 aliphatic carbocycles. The third-order valence-corrected chi connectivity index (χ3v) is 3.52. The Labute approximate surface area is 132 Å². The van der Waals surface area contributed by atoms with Crippen molar-refractivity contribution in [1.82, 2.24) is 15.1 Å². The van der Waals surface area contributed by atoms with Crippen molar-refractivity contribution in [3.63, 3.8) is 0 Å². The van der Waals surface area contributed by atoms with Crippen LogP contribution in [-0.4, -0.2) is 34.1 Å². The van der Waals surface area contributed by atoms with Crippen LogP contribution in [0, 0.1) is 0 Å². The summed E-state index contributed by atoms with van der Waals surface area (Å²) in [6.07, 6.45) is 0. The van der Waals surface area contributed by atoms with Crippen molar-refractivity contribution in [3.05, 3.63) is 46.6 Å². The number of carbonyl (C=O) groups is 1. The number of halogens is 1. The van der Waals surface area contributed by atoms with E-state index in [4.69, 9.17) is 0 Å². The molecule has 110 valence electrons. The number of rotatable bonds is 5. The molecule has 0 aliphatic rings. The van der Waals surface area contributed by atoms with Crippen LogP contribution < -0.4 is 5.32 Å². The highest BCUT2D eigenvalue weighted by molar-refractivity contribution is 9.10. The Balaban J connectivity index is 2.10.